The van der Waals surface area contributed by atoms with Gasteiger partial charge in [-0.1, -0.05) is 11.6 Å². The Morgan fingerprint density at radius 2 is 2.12 bits per heavy atom. The minimum atomic E-state index is -0.138. The number of halogens is 1. The summed E-state index contributed by atoms with van der Waals surface area (Å²) in [5.41, 5.74) is 1.86. The predicted octanol–water partition coefficient (Wildman–Crippen LogP) is 2.74. The second-order valence-corrected chi connectivity index (χ2v) is 6.47. The maximum atomic E-state index is 12.9. The summed E-state index contributed by atoms with van der Waals surface area (Å²) in [4.78, 5) is 19.0. The first-order valence-corrected chi connectivity index (χ1v) is 8.04. The molecule has 0 unspecified atom stereocenters. The lowest BCUT2D eigenvalue weighted by Gasteiger charge is -2.18. The van der Waals surface area contributed by atoms with Crippen molar-refractivity contribution >= 4 is 23.2 Å². The molecule has 3 aromatic heterocycles. The number of hydrogen-bond acceptors (Lipinski definition) is 4. The molecule has 0 saturated carbocycles. The molecule has 0 spiro atoms. The van der Waals surface area contributed by atoms with Crippen molar-refractivity contribution in [1.82, 2.24) is 29.0 Å². The second-order valence-electron chi connectivity index (χ2n) is 6.03. The molecule has 3 aromatic rings. The van der Waals surface area contributed by atoms with Crippen LogP contribution in [0.3, 0.4) is 0 Å². The fourth-order valence-corrected chi connectivity index (χ4v) is 2.83. The maximum Gasteiger partial charge on any atom is 0.272 e. The molecular weight excluding hydrogens is 328 g/mol. The Bertz CT molecular complexity index is 897. The molecular formula is C16H19ClN6O. The van der Waals surface area contributed by atoms with Crippen LogP contribution < -0.4 is 0 Å². The third-order valence-corrected chi connectivity index (χ3v) is 4.11. The van der Waals surface area contributed by atoms with Crippen LogP contribution >= 0.6 is 11.6 Å². The minimum absolute atomic E-state index is 0.138. The molecule has 0 saturated heterocycles. The number of carbonyl (C=O) groups is 1. The standard InChI is InChI=1S/C16H19ClN6O/c1-10(2)23-9-18-20-14(23)8-21(4)16(24)15-11(3)19-13-6-5-12(17)7-22(13)15/h5-7,9-10H,8H2,1-4H3. The maximum absolute atomic E-state index is 12.9. The number of aryl methyl sites for hydroxylation is 1. The van der Waals surface area contributed by atoms with E-state index in [2.05, 4.69) is 15.2 Å². The summed E-state index contributed by atoms with van der Waals surface area (Å²) in [6.45, 7) is 6.28. The predicted molar refractivity (Wildman–Crippen MR) is 91.1 cm³/mol. The highest BCUT2D eigenvalue weighted by Crippen LogP contribution is 2.18. The summed E-state index contributed by atoms with van der Waals surface area (Å²) in [6.07, 6.45) is 3.38. The molecule has 0 aliphatic rings. The Morgan fingerprint density at radius 1 is 1.38 bits per heavy atom. The average Bonchev–Trinajstić information content (AvgIpc) is 3.10. The Balaban J connectivity index is 1.92. The van der Waals surface area contributed by atoms with Crippen LogP contribution in [0.25, 0.3) is 5.65 Å². The van der Waals surface area contributed by atoms with Crippen molar-refractivity contribution in [2.45, 2.75) is 33.4 Å². The van der Waals surface area contributed by atoms with Crippen LogP contribution in [0, 0.1) is 6.92 Å². The van der Waals surface area contributed by atoms with Crippen molar-refractivity contribution in [1.29, 1.82) is 0 Å². The highest BCUT2D eigenvalue weighted by Gasteiger charge is 2.22. The number of amides is 1. The third kappa shape index (κ3) is 2.87. The van der Waals surface area contributed by atoms with Gasteiger partial charge in [-0.15, -0.1) is 10.2 Å². The molecule has 0 aliphatic heterocycles. The lowest BCUT2D eigenvalue weighted by molar-refractivity contribution is 0.0771. The van der Waals surface area contributed by atoms with Crippen molar-refractivity contribution in [2.24, 2.45) is 0 Å². The second kappa shape index (κ2) is 6.24. The van der Waals surface area contributed by atoms with E-state index < -0.39 is 0 Å². The molecule has 0 aliphatic carbocycles. The van der Waals surface area contributed by atoms with Crippen LogP contribution in [0.1, 0.15) is 41.9 Å². The first-order chi connectivity index (χ1) is 11.4. The van der Waals surface area contributed by atoms with Gasteiger partial charge in [-0.05, 0) is 32.9 Å². The topological polar surface area (TPSA) is 68.3 Å². The lowest BCUT2D eigenvalue weighted by Crippen LogP contribution is -2.29. The summed E-state index contributed by atoms with van der Waals surface area (Å²) >= 11 is 6.06. The van der Waals surface area contributed by atoms with Gasteiger partial charge in [0, 0.05) is 19.3 Å². The Morgan fingerprint density at radius 3 is 2.83 bits per heavy atom. The number of fused-ring (bicyclic) bond motifs is 1. The van der Waals surface area contributed by atoms with E-state index in [-0.39, 0.29) is 11.9 Å². The third-order valence-electron chi connectivity index (χ3n) is 3.89. The van der Waals surface area contributed by atoms with Crippen molar-refractivity contribution in [3.05, 3.63) is 46.9 Å². The highest BCUT2D eigenvalue weighted by atomic mass is 35.5. The quantitative estimate of drug-likeness (QED) is 0.728. The summed E-state index contributed by atoms with van der Waals surface area (Å²) in [7, 11) is 1.74. The fourth-order valence-electron chi connectivity index (χ4n) is 2.67. The molecule has 126 valence electrons. The van der Waals surface area contributed by atoms with Crippen molar-refractivity contribution in [3.8, 4) is 0 Å². The molecule has 8 heteroatoms. The lowest BCUT2D eigenvalue weighted by atomic mass is 10.3. The smallest absolute Gasteiger partial charge is 0.272 e. The normalized spacial score (nSPS) is 11.4. The van der Waals surface area contributed by atoms with E-state index in [4.69, 9.17) is 11.6 Å². The number of nitrogens with zero attached hydrogens (tertiary/aromatic N) is 6. The molecule has 3 heterocycles. The van der Waals surface area contributed by atoms with Gasteiger partial charge >= 0.3 is 0 Å². The summed E-state index contributed by atoms with van der Waals surface area (Å²) in [6, 6.07) is 3.78. The molecule has 1 amide bonds. The zero-order valence-corrected chi connectivity index (χ0v) is 14.8. The Labute approximate surface area is 144 Å². The molecule has 3 rings (SSSR count). The monoisotopic (exact) mass is 346 g/mol. The zero-order valence-electron chi connectivity index (χ0n) is 14.1. The van der Waals surface area contributed by atoms with E-state index in [1.54, 1.807) is 41.0 Å². The number of imidazole rings is 1. The molecule has 0 N–H and O–H groups in total. The van der Waals surface area contributed by atoms with Gasteiger partial charge in [0.1, 0.15) is 17.7 Å². The van der Waals surface area contributed by atoms with Crippen LogP contribution in [-0.2, 0) is 6.54 Å². The van der Waals surface area contributed by atoms with Crippen LogP contribution in [0.5, 0.6) is 0 Å². The van der Waals surface area contributed by atoms with Crippen molar-refractivity contribution in [3.63, 3.8) is 0 Å². The van der Waals surface area contributed by atoms with Crippen molar-refractivity contribution in [2.75, 3.05) is 7.05 Å². The van der Waals surface area contributed by atoms with Gasteiger partial charge in [0.15, 0.2) is 5.82 Å². The van der Waals surface area contributed by atoms with E-state index in [1.165, 1.54) is 0 Å². The van der Waals surface area contributed by atoms with Crippen molar-refractivity contribution < 1.29 is 4.79 Å². The van der Waals surface area contributed by atoms with Crippen LogP contribution in [-0.4, -0.2) is 42.0 Å². The molecule has 0 atom stereocenters. The number of hydrogen-bond donors (Lipinski definition) is 0. The Kier molecular flexibility index (Phi) is 4.28. The number of aromatic nitrogens is 5. The highest BCUT2D eigenvalue weighted by molar-refractivity contribution is 6.30. The molecule has 24 heavy (non-hydrogen) atoms. The molecule has 0 bridgehead atoms. The van der Waals surface area contributed by atoms with Crippen LogP contribution in [0.4, 0.5) is 0 Å². The van der Waals surface area contributed by atoms with E-state index in [0.29, 0.717) is 28.6 Å². The number of rotatable bonds is 4. The van der Waals surface area contributed by atoms with Gasteiger partial charge in [0.2, 0.25) is 0 Å². The minimum Gasteiger partial charge on any atom is -0.333 e. The molecule has 7 nitrogen and oxygen atoms in total. The first kappa shape index (κ1) is 16.4. The number of carbonyl (C=O) groups excluding carboxylic acids is 1. The van der Waals surface area contributed by atoms with Gasteiger partial charge in [0.25, 0.3) is 5.91 Å². The average molecular weight is 347 g/mol. The van der Waals surface area contributed by atoms with Gasteiger partial charge in [-0.2, -0.15) is 0 Å². The molecule has 0 fully saturated rings. The summed E-state index contributed by atoms with van der Waals surface area (Å²) in [5.74, 6) is 0.603. The van der Waals surface area contributed by atoms with Crippen LogP contribution in [0.2, 0.25) is 5.02 Å². The number of pyridine rings is 1. The van der Waals surface area contributed by atoms with E-state index >= 15 is 0 Å². The van der Waals surface area contributed by atoms with Gasteiger partial charge in [-0.25, -0.2) is 4.98 Å². The molecule has 0 aromatic carbocycles. The SMILES string of the molecule is Cc1nc2ccc(Cl)cn2c1C(=O)N(C)Cc1nncn1C(C)C. The Hall–Kier alpha value is -2.41. The first-order valence-electron chi connectivity index (χ1n) is 7.66. The van der Waals surface area contributed by atoms with E-state index in [1.807, 2.05) is 25.3 Å². The van der Waals surface area contributed by atoms with E-state index in [9.17, 15) is 4.79 Å². The van der Waals surface area contributed by atoms with E-state index in [0.717, 1.165) is 5.82 Å². The van der Waals surface area contributed by atoms with Crippen LogP contribution in [0.15, 0.2) is 24.7 Å². The van der Waals surface area contributed by atoms with Gasteiger partial charge in [0.05, 0.1) is 17.3 Å². The molecule has 0 radical (unpaired) electrons. The summed E-state index contributed by atoms with van der Waals surface area (Å²) < 4.78 is 3.67. The van der Waals surface area contributed by atoms with Gasteiger partial charge in [-0.3, -0.25) is 9.20 Å². The largest absolute Gasteiger partial charge is 0.333 e. The van der Waals surface area contributed by atoms with Gasteiger partial charge < -0.3 is 9.47 Å². The summed E-state index contributed by atoms with van der Waals surface area (Å²) in [5, 5.41) is 8.61. The fraction of sp³-hybridized carbons (Fsp3) is 0.375. The zero-order chi connectivity index (χ0) is 17.4.